The van der Waals surface area contributed by atoms with Crippen molar-refractivity contribution in [1.29, 1.82) is 0 Å². The molecular formula is C55H83N3O12. The van der Waals surface area contributed by atoms with Crippen LogP contribution < -0.4 is 10.6 Å². The number of nitrogens with one attached hydrogen (secondary N) is 2. The molecule has 3 aliphatic carbocycles. The van der Waals surface area contributed by atoms with E-state index in [9.17, 15) is 24.6 Å². The first-order chi connectivity index (χ1) is 33.2. The predicted molar refractivity (Wildman–Crippen MR) is 261 cm³/mol. The van der Waals surface area contributed by atoms with E-state index in [4.69, 9.17) is 28.5 Å². The highest BCUT2D eigenvalue weighted by Gasteiger charge is 2.76. The first kappa shape index (κ1) is 52.9. The van der Waals surface area contributed by atoms with Crippen LogP contribution in [-0.4, -0.2) is 117 Å². The van der Waals surface area contributed by atoms with Crippen LogP contribution in [-0.2, 0) is 54.2 Å². The van der Waals surface area contributed by atoms with Crippen molar-refractivity contribution in [1.82, 2.24) is 15.7 Å². The van der Waals surface area contributed by atoms with Crippen LogP contribution in [0, 0.1) is 22.7 Å². The number of hydroxylamine groups is 2. The number of hydrogen-bond donors (Lipinski definition) is 4. The fraction of sp³-hybridized carbons (Fsp3) is 0.782. The molecule has 8 rings (SSSR count). The quantitative estimate of drug-likeness (QED) is 0.0576. The van der Waals surface area contributed by atoms with Gasteiger partial charge < -0.3 is 44.5 Å². The number of fused-ring (bicyclic) bond motifs is 6. The lowest BCUT2D eigenvalue weighted by Crippen LogP contribution is -2.71. The van der Waals surface area contributed by atoms with Crippen LogP contribution in [0.15, 0.2) is 29.8 Å². The number of hydrogen-bond acceptors (Lipinski definition) is 13. The summed E-state index contributed by atoms with van der Waals surface area (Å²) in [5.74, 6) is -2.49. The van der Waals surface area contributed by atoms with Gasteiger partial charge in [0.25, 0.3) is 0 Å². The number of amides is 2. The lowest BCUT2D eigenvalue weighted by molar-refractivity contribution is -0.224. The monoisotopic (exact) mass is 978 g/mol. The number of carbonyl (C=O) groups excluding carboxylic acids is 4. The molecule has 1 aromatic carbocycles. The zero-order valence-corrected chi connectivity index (χ0v) is 43.4. The Hall–Kier alpha value is -3.44. The van der Waals surface area contributed by atoms with Gasteiger partial charge in [-0.15, -0.1) is 0 Å². The van der Waals surface area contributed by atoms with Gasteiger partial charge in [-0.2, -0.15) is 5.06 Å². The van der Waals surface area contributed by atoms with Gasteiger partial charge in [-0.25, -0.2) is 0 Å². The molecule has 0 radical (unpaired) electrons. The Morgan fingerprint density at radius 3 is 2.31 bits per heavy atom. The van der Waals surface area contributed by atoms with Crippen LogP contribution in [0.4, 0.5) is 0 Å². The molecule has 2 bridgehead atoms. The molecule has 2 amide bonds. The standard InChI is InChI=1S/C55H83N3O12/c1-10-12-16-25-54(26-17-13-11-2)68-44-40-30-55(50(64)57-43(33(3)60)48(62)56-37(32-59)21-23-42(61)67-51(4,5)6)46(49(63)65-40)58(70-47(55)45(44)69-54)31-36-19-15-14-18-34(36)28-35-20-22-41-53(9,66-41)27-24-39-38(35)29-52(39,7)8/h14-15,18-19,28,33,37-41,43-47,59-60H,10-13,16-17,20-27,29-32H2,1-9H3,(H,56,62)(H,57,64)/t33-,37-,38+,39+,40+,41?,43+,44-,45-,46-,47+,53+,55-/m0/s1. The number of aliphatic hydroxyl groups excluding tert-OH is 2. The lowest BCUT2D eigenvalue weighted by Gasteiger charge is -2.53. The van der Waals surface area contributed by atoms with Crippen molar-refractivity contribution in [3.05, 3.63) is 41.0 Å². The van der Waals surface area contributed by atoms with E-state index < -0.39 is 95.8 Å². The van der Waals surface area contributed by atoms with Crippen LogP contribution in [0.2, 0.25) is 0 Å². The number of allylic oxidation sites excluding steroid dienone is 1. The fourth-order valence-electron chi connectivity index (χ4n) is 13.0. The molecular weight excluding hydrogens is 895 g/mol. The highest BCUT2D eigenvalue weighted by molar-refractivity contribution is 5.96. The molecule has 0 spiro atoms. The van der Waals surface area contributed by atoms with Gasteiger partial charge in [0.15, 0.2) is 11.8 Å². The number of benzene rings is 1. The summed E-state index contributed by atoms with van der Waals surface area (Å²) in [5, 5.41) is 28.6. The van der Waals surface area contributed by atoms with Gasteiger partial charge in [0.2, 0.25) is 11.8 Å². The lowest BCUT2D eigenvalue weighted by atomic mass is 9.52. The number of epoxide rings is 1. The van der Waals surface area contributed by atoms with E-state index >= 15 is 4.79 Å². The maximum atomic E-state index is 15.5. The van der Waals surface area contributed by atoms with Gasteiger partial charge in [0.05, 0.1) is 37.0 Å². The zero-order chi connectivity index (χ0) is 50.4. The summed E-state index contributed by atoms with van der Waals surface area (Å²) in [4.78, 5) is 63.9. The molecule has 0 aromatic heterocycles. The minimum atomic E-state index is -1.62. The summed E-state index contributed by atoms with van der Waals surface area (Å²) in [6.07, 6.45) is 10.1. The van der Waals surface area contributed by atoms with Gasteiger partial charge in [-0.1, -0.05) is 89.3 Å². The molecule has 7 fully saturated rings. The second-order valence-corrected chi connectivity index (χ2v) is 23.7. The summed E-state index contributed by atoms with van der Waals surface area (Å²) >= 11 is 0. The third-order valence-electron chi connectivity index (χ3n) is 16.8. The van der Waals surface area contributed by atoms with Crippen molar-refractivity contribution in [2.75, 3.05) is 6.61 Å². The van der Waals surface area contributed by atoms with E-state index in [1.165, 1.54) is 12.5 Å². The maximum Gasteiger partial charge on any atom is 0.327 e. The van der Waals surface area contributed by atoms with E-state index in [0.29, 0.717) is 24.7 Å². The molecule has 3 saturated carbocycles. The third kappa shape index (κ3) is 10.8. The SMILES string of the molecule is CCCCCC1(CCCCC)O[C@@H]2[C@H](O1)[C@H]1ON(Cc3ccccc3C=C3CCC4O[C@]4(C)CC[C@@H]4[C@@H]3CC4(C)C)[C@H]3C(=O)O[C@@H]2C[C@@]13C(=O)N[C@@H](C(=O)N[C@H](CO)CCC(=O)OC(C)(C)C)[C@H](C)O. The molecule has 70 heavy (non-hydrogen) atoms. The Kier molecular flexibility index (Phi) is 15.7. The number of aliphatic hydroxyl groups is 2. The average Bonchev–Trinajstić information content (AvgIpc) is 3.57. The highest BCUT2D eigenvalue weighted by atomic mass is 16.8. The Morgan fingerprint density at radius 1 is 0.957 bits per heavy atom. The summed E-state index contributed by atoms with van der Waals surface area (Å²) in [7, 11) is 0. The Morgan fingerprint density at radius 2 is 1.66 bits per heavy atom. The van der Waals surface area contributed by atoms with Crippen LogP contribution in [0.1, 0.15) is 176 Å². The molecule has 4 heterocycles. The summed E-state index contributed by atoms with van der Waals surface area (Å²) in [5.41, 5.74) is 1.22. The second-order valence-electron chi connectivity index (χ2n) is 23.7. The molecule has 15 heteroatoms. The summed E-state index contributed by atoms with van der Waals surface area (Å²) in [6, 6.07) is 4.54. The number of esters is 2. The van der Waals surface area contributed by atoms with Gasteiger partial charge in [-0.3, -0.25) is 24.0 Å². The average molecular weight is 978 g/mol. The smallest absolute Gasteiger partial charge is 0.327 e. The van der Waals surface area contributed by atoms with Crippen molar-refractivity contribution in [3.8, 4) is 0 Å². The maximum absolute atomic E-state index is 15.5. The number of nitrogens with zero attached hydrogens (tertiary/aromatic N) is 1. The molecule has 7 aliphatic rings. The third-order valence-corrected chi connectivity index (χ3v) is 16.8. The van der Waals surface area contributed by atoms with Crippen LogP contribution in [0.5, 0.6) is 0 Å². The van der Waals surface area contributed by atoms with Gasteiger partial charge in [0, 0.05) is 25.7 Å². The molecule has 1 aromatic rings. The van der Waals surface area contributed by atoms with E-state index in [-0.39, 0.29) is 42.9 Å². The minimum Gasteiger partial charge on any atom is -0.460 e. The number of carbonyl (C=O) groups is 4. The predicted octanol–water partition coefficient (Wildman–Crippen LogP) is 7.37. The molecule has 4 saturated heterocycles. The van der Waals surface area contributed by atoms with Crippen LogP contribution >= 0.6 is 0 Å². The molecule has 390 valence electrons. The highest BCUT2D eigenvalue weighted by Crippen LogP contribution is 2.61. The topological polar surface area (TPSA) is 195 Å². The Bertz CT molecular complexity index is 2090. The Balaban J connectivity index is 1.11. The Labute approximate surface area is 415 Å². The zero-order valence-electron chi connectivity index (χ0n) is 43.4. The number of unbranched alkanes of at least 4 members (excludes halogenated alkanes) is 4. The molecule has 13 atom stereocenters. The van der Waals surface area contributed by atoms with E-state index in [0.717, 1.165) is 81.8 Å². The van der Waals surface area contributed by atoms with Crippen molar-refractivity contribution in [2.45, 2.75) is 243 Å². The van der Waals surface area contributed by atoms with Gasteiger partial charge in [-0.05, 0) is 114 Å². The molecule has 4 aliphatic heterocycles. The van der Waals surface area contributed by atoms with Crippen molar-refractivity contribution in [2.24, 2.45) is 22.7 Å². The summed E-state index contributed by atoms with van der Waals surface area (Å²) in [6.45, 7) is 17.6. The number of ether oxygens (including phenoxy) is 5. The molecule has 1 unspecified atom stereocenters. The van der Waals surface area contributed by atoms with E-state index in [1.54, 1.807) is 25.8 Å². The fourth-order valence-corrected chi connectivity index (χ4v) is 13.0. The van der Waals surface area contributed by atoms with Gasteiger partial charge >= 0.3 is 11.9 Å². The second kappa shape index (κ2) is 20.8. The van der Waals surface area contributed by atoms with Crippen molar-refractivity contribution < 1.29 is 57.9 Å². The van der Waals surface area contributed by atoms with Crippen LogP contribution in [0.3, 0.4) is 0 Å². The number of rotatable bonds is 20. The first-order valence-corrected chi connectivity index (χ1v) is 26.7. The first-order valence-electron chi connectivity index (χ1n) is 26.7. The summed E-state index contributed by atoms with van der Waals surface area (Å²) < 4.78 is 32.1. The minimum absolute atomic E-state index is 0.0365. The molecule has 15 nitrogen and oxygen atoms in total. The van der Waals surface area contributed by atoms with Crippen molar-refractivity contribution in [3.63, 3.8) is 0 Å². The van der Waals surface area contributed by atoms with E-state index in [1.807, 2.05) is 18.2 Å². The molecule has 4 N–H and O–H groups in total. The van der Waals surface area contributed by atoms with Crippen molar-refractivity contribution >= 4 is 29.8 Å². The van der Waals surface area contributed by atoms with Gasteiger partial charge in [0.1, 0.15) is 41.5 Å². The van der Waals surface area contributed by atoms with Crippen LogP contribution in [0.25, 0.3) is 6.08 Å². The largest absolute Gasteiger partial charge is 0.460 e. The normalized spacial score (nSPS) is 34.5. The van der Waals surface area contributed by atoms with E-state index in [2.05, 4.69) is 57.4 Å².